The van der Waals surface area contributed by atoms with Crippen molar-refractivity contribution in [2.45, 2.75) is 25.8 Å². The summed E-state index contributed by atoms with van der Waals surface area (Å²) in [6.07, 6.45) is 1.96. The van der Waals surface area contributed by atoms with Crippen molar-refractivity contribution in [3.8, 4) is 0 Å². The second-order valence-electron chi connectivity index (χ2n) is 5.93. The lowest BCUT2D eigenvalue weighted by Crippen LogP contribution is -2.49. The number of nitrogens with two attached hydrogens (primary N) is 1. The first-order chi connectivity index (χ1) is 11.0. The molecule has 1 heterocycles. The third-order valence-corrected chi connectivity index (χ3v) is 4.14. The summed E-state index contributed by atoms with van der Waals surface area (Å²) in [5.74, 6) is -0.461. The lowest BCUT2D eigenvalue weighted by Gasteiger charge is -2.35. The van der Waals surface area contributed by atoms with Gasteiger partial charge in [-0.1, -0.05) is 6.07 Å². The summed E-state index contributed by atoms with van der Waals surface area (Å²) in [5.41, 5.74) is 5.75. The van der Waals surface area contributed by atoms with E-state index >= 15 is 0 Å². The third-order valence-electron chi connectivity index (χ3n) is 4.14. The van der Waals surface area contributed by atoms with Crippen molar-refractivity contribution in [3.05, 3.63) is 30.1 Å². The number of hydrogen-bond donors (Lipinski definition) is 3. The number of primary amides is 1. The van der Waals surface area contributed by atoms with E-state index in [2.05, 4.69) is 10.6 Å². The molecule has 1 aliphatic heterocycles. The molecule has 1 aliphatic rings. The maximum atomic E-state index is 13.1. The van der Waals surface area contributed by atoms with Crippen LogP contribution in [0.3, 0.4) is 0 Å². The molecule has 0 unspecified atom stereocenters. The molecule has 1 fully saturated rings. The molecular formula is C16H23FN4O2. The average molecular weight is 322 g/mol. The fraction of sp³-hybridized carbons (Fsp3) is 0.500. The lowest BCUT2D eigenvalue weighted by molar-refractivity contribution is -0.123. The van der Waals surface area contributed by atoms with E-state index in [4.69, 9.17) is 5.73 Å². The molecule has 0 aromatic heterocycles. The molecule has 0 spiro atoms. The van der Waals surface area contributed by atoms with Crippen LogP contribution in [0.15, 0.2) is 24.3 Å². The molecule has 3 amide bonds. The number of carbonyl (C=O) groups is 2. The Kier molecular flexibility index (Phi) is 5.92. The van der Waals surface area contributed by atoms with Crippen LogP contribution in [0.5, 0.6) is 0 Å². The van der Waals surface area contributed by atoms with Gasteiger partial charge in [-0.2, -0.15) is 0 Å². The zero-order valence-corrected chi connectivity index (χ0v) is 13.2. The Labute approximate surface area is 135 Å². The molecular weight excluding hydrogens is 299 g/mol. The molecule has 126 valence electrons. The first-order valence-electron chi connectivity index (χ1n) is 7.79. The van der Waals surface area contributed by atoms with Crippen LogP contribution in [0.25, 0.3) is 0 Å². The summed E-state index contributed by atoms with van der Waals surface area (Å²) >= 11 is 0. The fourth-order valence-corrected chi connectivity index (χ4v) is 2.77. The Bertz CT molecular complexity index is 567. The highest BCUT2D eigenvalue weighted by Gasteiger charge is 2.26. The van der Waals surface area contributed by atoms with Gasteiger partial charge in [0.25, 0.3) is 0 Å². The molecule has 2 rings (SSSR count). The summed E-state index contributed by atoms with van der Waals surface area (Å²) in [4.78, 5) is 25.2. The van der Waals surface area contributed by atoms with E-state index in [0.29, 0.717) is 12.2 Å². The van der Waals surface area contributed by atoms with E-state index < -0.39 is 5.82 Å². The number of amides is 3. The van der Waals surface area contributed by atoms with E-state index in [9.17, 15) is 14.0 Å². The fourth-order valence-electron chi connectivity index (χ4n) is 2.77. The van der Waals surface area contributed by atoms with Crippen molar-refractivity contribution in [1.82, 2.24) is 10.2 Å². The zero-order valence-electron chi connectivity index (χ0n) is 13.2. The van der Waals surface area contributed by atoms with E-state index in [0.717, 1.165) is 25.9 Å². The number of likely N-dealkylation sites (tertiary alicyclic amines) is 1. The van der Waals surface area contributed by atoms with Gasteiger partial charge in [-0.25, -0.2) is 9.18 Å². The molecule has 0 bridgehead atoms. The average Bonchev–Trinajstić information content (AvgIpc) is 2.52. The highest BCUT2D eigenvalue weighted by atomic mass is 19.1. The van der Waals surface area contributed by atoms with Crippen molar-refractivity contribution < 1.29 is 14.0 Å². The number of nitrogens with zero attached hydrogens (tertiary/aromatic N) is 1. The van der Waals surface area contributed by atoms with Crippen LogP contribution in [-0.4, -0.2) is 42.5 Å². The van der Waals surface area contributed by atoms with Crippen molar-refractivity contribution in [1.29, 1.82) is 0 Å². The quantitative estimate of drug-likeness (QED) is 0.768. The summed E-state index contributed by atoms with van der Waals surface area (Å²) in [7, 11) is 0. The summed E-state index contributed by atoms with van der Waals surface area (Å²) < 4.78 is 13.1. The van der Waals surface area contributed by atoms with Gasteiger partial charge in [0, 0.05) is 18.8 Å². The van der Waals surface area contributed by atoms with Gasteiger partial charge >= 0.3 is 6.03 Å². The minimum atomic E-state index is -0.397. The van der Waals surface area contributed by atoms with Gasteiger partial charge in [0.05, 0.1) is 6.04 Å². The number of nitrogens with one attached hydrogen (secondary N) is 2. The molecule has 1 aromatic carbocycles. The largest absolute Gasteiger partial charge is 0.368 e. The predicted octanol–water partition coefficient (Wildman–Crippen LogP) is 1.53. The molecule has 4 N–H and O–H groups in total. The van der Waals surface area contributed by atoms with Crippen LogP contribution in [0.4, 0.5) is 14.9 Å². The number of hydrogen-bond acceptors (Lipinski definition) is 3. The number of carbonyl (C=O) groups excluding carboxylic acids is 2. The first kappa shape index (κ1) is 17.2. The smallest absolute Gasteiger partial charge is 0.319 e. The molecule has 0 radical (unpaired) electrons. The maximum Gasteiger partial charge on any atom is 0.319 e. The van der Waals surface area contributed by atoms with Crippen molar-refractivity contribution >= 4 is 17.6 Å². The Morgan fingerprint density at radius 1 is 1.48 bits per heavy atom. The molecule has 23 heavy (non-hydrogen) atoms. The Morgan fingerprint density at radius 2 is 2.26 bits per heavy atom. The minimum Gasteiger partial charge on any atom is -0.368 e. The second kappa shape index (κ2) is 7.92. The summed E-state index contributed by atoms with van der Waals surface area (Å²) in [6, 6.07) is 5.08. The topological polar surface area (TPSA) is 87.5 Å². The van der Waals surface area contributed by atoms with Crippen LogP contribution >= 0.6 is 0 Å². The van der Waals surface area contributed by atoms with Gasteiger partial charge < -0.3 is 16.4 Å². The molecule has 6 nitrogen and oxygen atoms in total. The molecule has 2 atom stereocenters. The first-order valence-corrected chi connectivity index (χ1v) is 7.79. The highest BCUT2D eigenvalue weighted by molar-refractivity contribution is 5.89. The SMILES string of the molecule is C[C@@H](C(N)=O)N1CCC[C@@H](CNC(=O)Nc2cccc(F)c2)C1. The molecule has 1 aromatic rings. The molecule has 0 aliphatic carbocycles. The molecule has 0 saturated carbocycles. The summed E-state index contributed by atoms with van der Waals surface area (Å²) in [6.45, 7) is 3.87. The number of rotatable bonds is 5. The van der Waals surface area contributed by atoms with Gasteiger partial charge in [-0.3, -0.25) is 9.69 Å². The van der Waals surface area contributed by atoms with Gasteiger partial charge in [-0.05, 0) is 50.4 Å². The number of piperidine rings is 1. The second-order valence-corrected chi connectivity index (χ2v) is 5.93. The van der Waals surface area contributed by atoms with Crippen LogP contribution in [0, 0.1) is 11.7 Å². The normalized spacial score (nSPS) is 19.8. The van der Waals surface area contributed by atoms with E-state index in [1.54, 1.807) is 13.0 Å². The third kappa shape index (κ3) is 5.21. The van der Waals surface area contributed by atoms with Gasteiger partial charge in [0.2, 0.25) is 5.91 Å². The van der Waals surface area contributed by atoms with Crippen LogP contribution in [-0.2, 0) is 4.79 Å². The number of benzene rings is 1. The zero-order chi connectivity index (χ0) is 16.8. The Morgan fingerprint density at radius 3 is 2.96 bits per heavy atom. The molecule has 7 heteroatoms. The van der Waals surface area contributed by atoms with Crippen molar-refractivity contribution in [2.24, 2.45) is 11.7 Å². The molecule has 1 saturated heterocycles. The minimum absolute atomic E-state index is 0.267. The van der Waals surface area contributed by atoms with Crippen molar-refractivity contribution in [2.75, 3.05) is 25.0 Å². The van der Waals surface area contributed by atoms with Gasteiger partial charge in [0.1, 0.15) is 5.82 Å². The Hall–Kier alpha value is -2.15. The van der Waals surface area contributed by atoms with Crippen molar-refractivity contribution in [3.63, 3.8) is 0 Å². The van der Waals surface area contributed by atoms with E-state index in [-0.39, 0.29) is 23.9 Å². The number of urea groups is 1. The Balaban J connectivity index is 1.78. The number of anilines is 1. The maximum absolute atomic E-state index is 13.1. The predicted molar refractivity (Wildman–Crippen MR) is 86.4 cm³/mol. The van der Waals surface area contributed by atoms with Crippen LogP contribution in [0.2, 0.25) is 0 Å². The number of halogens is 1. The van der Waals surface area contributed by atoms with Crippen LogP contribution in [0.1, 0.15) is 19.8 Å². The summed E-state index contributed by atoms with van der Waals surface area (Å²) in [5, 5.41) is 5.39. The van der Waals surface area contributed by atoms with Gasteiger partial charge in [-0.15, -0.1) is 0 Å². The van der Waals surface area contributed by atoms with Crippen LogP contribution < -0.4 is 16.4 Å². The van der Waals surface area contributed by atoms with E-state index in [1.807, 2.05) is 4.90 Å². The standard InChI is InChI=1S/C16H23FN4O2/c1-11(15(18)22)21-7-3-4-12(10-21)9-19-16(23)20-14-6-2-5-13(17)8-14/h2,5-6,8,11-12H,3-4,7,9-10H2,1H3,(H2,18,22)(H2,19,20,23)/t11-,12-/m0/s1. The highest BCUT2D eigenvalue weighted by Crippen LogP contribution is 2.18. The monoisotopic (exact) mass is 322 g/mol. The lowest BCUT2D eigenvalue weighted by atomic mass is 9.96. The van der Waals surface area contributed by atoms with E-state index in [1.165, 1.54) is 18.2 Å². The van der Waals surface area contributed by atoms with Gasteiger partial charge in [0.15, 0.2) is 0 Å².